The van der Waals surface area contributed by atoms with Gasteiger partial charge in [-0.25, -0.2) is 0 Å². The molecular weight excluding hydrogens is 268 g/mol. The molecule has 0 spiro atoms. The Morgan fingerprint density at radius 2 is 2.00 bits per heavy atom. The van der Waals surface area contributed by atoms with Crippen molar-refractivity contribution in [1.29, 1.82) is 0 Å². The standard InChI is InChI=1S/C17H14O4/c1-20-16(18)9-11-6-7-12-10-21-15-5-3-2-4-13(15)17(19)14(12)8-11/h2-8H,9-10H2,1H3. The number of rotatable bonds is 2. The summed E-state index contributed by atoms with van der Waals surface area (Å²) < 4.78 is 10.3. The van der Waals surface area contributed by atoms with E-state index in [2.05, 4.69) is 4.74 Å². The van der Waals surface area contributed by atoms with Gasteiger partial charge in [0.05, 0.1) is 19.1 Å². The highest BCUT2D eigenvalue weighted by Crippen LogP contribution is 2.28. The molecule has 3 rings (SSSR count). The Morgan fingerprint density at radius 3 is 2.81 bits per heavy atom. The maximum Gasteiger partial charge on any atom is 0.309 e. The molecule has 0 aromatic heterocycles. The van der Waals surface area contributed by atoms with Crippen molar-refractivity contribution in [3.05, 3.63) is 64.7 Å². The van der Waals surface area contributed by atoms with Crippen LogP contribution in [-0.4, -0.2) is 18.9 Å². The minimum atomic E-state index is -0.326. The third kappa shape index (κ3) is 2.52. The van der Waals surface area contributed by atoms with Gasteiger partial charge in [-0.3, -0.25) is 9.59 Å². The van der Waals surface area contributed by atoms with Crippen molar-refractivity contribution < 1.29 is 19.1 Å². The average Bonchev–Trinajstić information content (AvgIpc) is 2.65. The molecule has 106 valence electrons. The highest BCUT2D eigenvalue weighted by molar-refractivity contribution is 6.12. The number of esters is 1. The Morgan fingerprint density at radius 1 is 1.19 bits per heavy atom. The summed E-state index contributed by atoms with van der Waals surface area (Å²) in [5, 5.41) is 0. The van der Waals surface area contributed by atoms with Crippen LogP contribution in [0.5, 0.6) is 5.75 Å². The first-order valence-electron chi connectivity index (χ1n) is 6.64. The third-order valence-corrected chi connectivity index (χ3v) is 3.51. The average molecular weight is 282 g/mol. The van der Waals surface area contributed by atoms with E-state index in [0.29, 0.717) is 23.5 Å². The van der Waals surface area contributed by atoms with Gasteiger partial charge in [-0.1, -0.05) is 24.3 Å². The van der Waals surface area contributed by atoms with Crippen molar-refractivity contribution in [2.45, 2.75) is 13.0 Å². The van der Waals surface area contributed by atoms with Gasteiger partial charge in [0.1, 0.15) is 12.4 Å². The molecule has 0 atom stereocenters. The van der Waals surface area contributed by atoms with Crippen molar-refractivity contribution >= 4 is 11.8 Å². The normalized spacial score (nSPS) is 12.7. The maximum absolute atomic E-state index is 12.6. The molecule has 0 N–H and O–H groups in total. The van der Waals surface area contributed by atoms with Crippen LogP contribution in [0.1, 0.15) is 27.0 Å². The summed E-state index contributed by atoms with van der Waals surface area (Å²) in [6, 6.07) is 12.6. The Balaban J connectivity index is 2.02. The Hall–Kier alpha value is -2.62. The van der Waals surface area contributed by atoms with Crippen LogP contribution in [0.3, 0.4) is 0 Å². The van der Waals surface area contributed by atoms with E-state index in [1.54, 1.807) is 18.2 Å². The van der Waals surface area contributed by atoms with Crippen molar-refractivity contribution in [2.75, 3.05) is 7.11 Å². The Labute approximate surface area is 122 Å². The molecule has 0 bridgehead atoms. The minimum Gasteiger partial charge on any atom is -0.488 e. The number of carbonyl (C=O) groups is 2. The molecule has 4 nitrogen and oxygen atoms in total. The van der Waals surface area contributed by atoms with Crippen LogP contribution >= 0.6 is 0 Å². The van der Waals surface area contributed by atoms with Gasteiger partial charge in [-0.2, -0.15) is 0 Å². The predicted octanol–water partition coefficient (Wildman–Crippen LogP) is 2.53. The van der Waals surface area contributed by atoms with Gasteiger partial charge in [0.2, 0.25) is 0 Å². The van der Waals surface area contributed by atoms with E-state index in [-0.39, 0.29) is 18.2 Å². The van der Waals surface area contributed by atoms with Gasteiger partial charge in [0.25, 0.3) is 0 Å². The lowest BCUT2D eigenvalue weighted by Gasteiger charge is -2.07. The molecule has 4 heteroatoms. The second-order valence-corrected chi connectivity index (χ2v) is 4.86. The summed E-state index contributed by atoms with van der Waals surface area (Å²) >= 11 is 0. The number of para-hydroxylation sites is 1. The maximum atomic E-state index is 12.6. The van der Waals surface area contributed by atoms with Gasteiger partial charge in [0.15, 0.2) is 5.78 Å². The van der Waals surface area contributed by atoms with E-state index in [0.717, 1.165) is 11.1 Å². The predicted molar refractivity (Wildman–Crippen MR) is 76.4 cm³/mol. The Bertz CT molecular complexity index is 718. The highest BCUT2D eigenvalue weighted by atomic mass is 16.5. The van der Waals surface area contributed by atoms with Crippen molar-refractivity contribution in [3.63, 3.8) is 0 Å². The van der Waals surface area contributed by atoms with Gasteiger partial charge in [0, 0.05) is 11.1 Å². The summed E-state index contributed by atoms with van der Waals surface area (Å²) in [6.45, 7) is 0.344. The molecule has 0 saturated carbocycles. The smallest absolute Gasteiger partial charge is 0.309 e. The molecule has 2 aromatic carbocycles. The summed E-state index contributed by atoms with van der Waals surface area (Å²) in [6.07, 6.45) is 0.152. The number of fused-ring (bicyclic) bond motifs is 2. The van der Waals surface area contributed by atoms with Crippen LogP contribution in [0.2, 0.25) is 0 Å². The fourth-order valence-corrected chi connectivity index (χ4v) is 2.39. The second-order valence-electron chi connectivity index (χ2n) is 4.86. The lowest BCUT2D eigenvalue weighted by Crippen LogP contribution is -2.08. The quantitative estimate of drug-likeness (QED) is 0.794. The first-order valence-corrected chi connectivity index (χ1v) is 6.64. The van der Waals surface area contributed by atoms with Gasteiger partial charge >= 0.3 is 5.97 Å². The minimum absolute atomic E-state index is 0.0789. The van der Waals surface area contributed by atoms with Crippen molar-refractivity contribution in [3.8, 4) is 5.75 Å². The molecule has 1 aliphatic heterocycles. The summed E-state index contributed by atoms with van der Waals surface area (Å²) in [7, 11) is 1.35. The SMILES string of the molecule is COC(=O)Cc1ccc2c(c1)C(=O)c1ccccc1OC2. The zero-order valence-corrected chi connectivity index (χ0v) is 11.6. The van der Waals surface area contributed by atoms with Crippen LogP contribution in [0, 0.1) is 0 Å². The van der Waals surface area contributed by atoms with E-state index in [1.165, 1.54) is 7.11 Å². The first kappa shape index (κ1) is 13.4. The zero-order valence-electron chi connectivity index (χ0n) is 11.6. The molecule has 0 aliphatic carbocycles. The van der Waals surface area contributed by atoms with Crippen LogP contribution in [0.15, 0.2) is 42.5 Å². The van der Waals surface area contributed by atoms with E-state index >= 15 is 0 Å². The molecule has 1 aliphatic rings. The third-order valence-electron chi connectivity index (χ3n) is 3.51. The topological polar surface area (TPSA) is 52.6 Å². The molecule has 21 heavy (non-hydrogen) atoms. The number of benzene rings is 2. The number of ether oxygens (including phenoxy) is 2. The van der Waals surface area contributed by atoms with Crippen LogP contribution in [-0.2, 0) is 22.6 Å². The van der Waals surface area contributed by atoms with E-state index in [9.17, 15) is 9.59 Å². The van der Waals surface area contributed by atoms with Crippen molar-refractivity contribution in [1.82, 2.24) is 0 Å². The first-order chi connectivity index (χ1) is 10.2. The van der Waals surface area contributed by atoms with E-state index in [1.807, 2.05) is 24.3 Å². The van der Waals surface area contributed by atoms with Gasteiger partial charge in [-0.15, -0.1) is 0 Å². The monoisotopic (exact) mass is 282 g/mol. The van der Waals surface area contributed by atoms with E-state index in [4.69, 9.17) is 4.74 Å². The molecule has 0 unspecified atom stereocenters. The summed E-state index contributed by atoms with van der Waals surface area (Å²) in [4.78, 5) is 24.0. The highest BCUT2D eigenvalue weighted by Gasteiger charge is 2.22. The van der Waals surface area contributed by atoms with Crippen LogP contribution < -0.4 is 4.74 Å². The molecule has 2 aromatic rings. The molecule has 0 saturated heterocycles. The molecule has 1 heterocycles. The largest absolute Gasteiger partial charge is 0.488 e. The summed E-state index contributed by atoms with van der Waals surface area (Å²) in [5.74, 6) is 0.186. The molecule has 0 radical (unpaired) electrons. The van der Waals surface area contributed by atoms with Gasteiger partial charge in [-0.05, 0) is 23.8 Å². The molecule has 0 fully saturated rings. The van der Waals surface area contributed by atoms with Gasteiger partial charge < -0.3 is 9.47 Å². The lowest BCUT2D eigenvalue weighted by molar-refractivity contribution is -0.139. The fraction of sp³-hybridized carbons (Fsp3) is 0.176. The molecule has 0 amide bonds. The number of hydrogen-bond acceptors (Lipinski definition) is 4. The van der Waals surface area contributed by atoms with Crippen molar-refractivity contribution in [2.24, 2.45) is 0 Å². The fourth-order valence-electron chi connectivity index (χ4n) is 2.39. The Kier molecular flexibility index (Phi) is 3.44. The zero-order chi connectivity index (χ0) is 14.8. The number of methoxy groups -OCH3 is 1. The number of hydrogen-bond donors (Lipinski definition) is 0. The number of carbonyl (C=O) groups excluding carboxylic acids is 2. The summed E-state index contributed by atoms with van der Waals surface area (Å²) in [5.41, 5.74) is 2.71. The van der Waals surface area contributed by atoms with Crippen LogP contribution in [0.25, 0.3) is 0 Å². The molecular formula is C17H14O4. The second kappa shape index (κ2) is 5.40. The van der Waals surface area contributed by atoms with Crippen LogP contribution in [0.4, 0.5) is 0 Å². The van der Waals surface area contributed by atoms with E-state index < -0.39 is 0 Å². The number of ketones is 1. The lowest BCUT2D eigenvalue weighted by atomic mass is 9.96.